The van der Waals surface area contributed by atoms with Gasteiger partial charge in [-0.05, 0) is 12.0 Å². The fourth-order valence-corrected chi connectivity index (χ4v) is 2.53. The number of nitrogens with one attached hydrogen (secondary N) is 1. The van der Waals surface area contributed by atoms with Crippen LogP contribution in [-0.4, -0.2) is 32.2 Å². The van der Waals surface area contributed by atoms with Gasteiger partial charge in [0.2, 0.25) is 5.91 Å². The molecule has 1 aromatic heterocycles. The third-order valence-electron chi connectivity index (χ3n) is 3.85. The molecule has 2 N–H and O–H groups in total. The molecule has 2 aromatic rings. The van der Waals surface area contributed by atoms with Crippen LogP contribution in [0.1, 0.15) is 25.3 Å². The van der Waals surface area contributed by atoms with Crippen molar-refractivity contribution >= 4 is 11.9 Å². The number of carbonyl (C=O) groups excluding carboxylic acids is 1. The monoisotopic (exact) mass is 359 g/mol. The molecule has 0 aliphatic rings. The van der Waals surface area contributed by atoms with Gasteiger partial charge in [-0.2, -0.15) is 0 Å². The van der Waals surface area contributed by atoms with Crippen molar-refractivity contribution in [2.24, 2.45) is 0 Å². The van der Waals surface area contributed by atoms with Gasteiger partial charge in [0.25, 0.3) is 5.56 Å². The molecule has 1 aromatic carbocycles. The van der Waals surface area contributed by atoms with E-state index in [9.17, 15) is 19.2 Å². The Morgan fingerprint density at radius 2 is 1.85 bits per heavy atom. The van der Waals surface area contributed by atoms with Gasteiger partial charge >= 0.3 is 11.7 Å². The van der Waals surface area contributed by atoms with E-state index in [0.717, 1.165) is 10.1 Å². The lowest BCUT2D eigenvalue weighted by molar-refractivity contribution is -0.142. The molecule has 0 spiro atoms. The van der Waals surface area contributed by atoms with Crippen LogP contribution >= 0.6 is 0 Å². The van der Waals surface area contributed by atoms with Crippen LogP contribution in [0.2, 0.25) is 0 Å². The molecule has 1 amide bonds. The summed E-state index contributed by atoms with van der Waals surface area (Å²) in [7, 11) is 0. The molecular weight excluding hydrogens is 338 g/mol. The molecule has 0 saturated heterocycles. The molecule has 8 heteroatoms. The van der Waals surface area contributed by atoms with E-state index >= 15 is 0 Å². The average Bonchev–Trinajstić information content (AvgIpc) is 2.61. The van der Waals surface area contributed by atoms with Crippen molar-refractivity contribution in [2.45, 2.75) is 38.9 Å². The highest BCUT2D eigenvalue weighted by Gasteiger charge is 2.19. The fraction of sp³-hybridized carbons (Fsp3) is 0.333. The van der Waals surface area contributed by atoms with Gasteiger partial charge < -0.3 is 10.4 Å². The average molecular weight is 359 g/mol. The van der Waals surface area contributed by atoms with Crippen molar-refractivity contribution in [1.82, 2.24) is 14.5 Å². The van der Waals surface area contributed by atoms with E-state index in [1.165, 1.54) is 16.8 Å². The number of amides is 1. The van der Waals surface area contributed by atoms with Crippen LogP contribution in [0.15, 0.2) is 52.2 Å². The number of hydrogen-bond acceptors (Lipinski definition) is 4. The Kier molecular flexibility index (Phi) is 6.48. The summed E-state index contributed by atoms with van der Waals surface area (Å²) < 4.78 is 2.12. The molecule has 0 fully saturated rings. The molecule has 0 saturated carbocycles. The first-order valence-corrected chi connectivity index (χ1v) is 8.28. The maximum absolute atomic E-state index is 12.5. The Labute approximate surface area is 149 Å². The van der Waals surface area contributed by atoms with Crippen molar-refractivity contribution in [3.05, 3.63) is 69.0 Å². The van der Waals surface area contributed by atoms with Crippen LogP contribution in [0.25, 0.3) is 0 Å². The molecule has 138 valence electrons. The second-order valence-electron chi connectivity index (χ2n) is 5.88. The first-order valence-electron chi connectivity index (χ1n) is 8.28. The molecule has 1 atom stereocenters. The Morgan fingerprint density at radius 1 is 1.15 bits per heavy atom. The van der Waals surface area contributed by atoms with E-state index in [-0.39, 0.29) is 13.0 Å². The zero-order valence-electron chi connectivity index (χ0n) is 14.4. The number of carbonyl (C=O) groups is 2. The Bertz CT molecular complexity index is 886. The smallest absolute Gasteiger partial charge is 0.331 e. The number of carboxylic acids is 1. The predicted octanol–water partition coefficient (Wildman–Crippen LogP) is 0.428. The standard InChI is InChI=1S/C18H21N3O5/c1-2-6-14(17(24)25)19-15(22)12-21-16(23)9-10-20(18(21)26)11-13-7-4-3-5-8-13/h3-5,7-10,14H,2,6,11-12H2,1H3,(H,19,22)(H,24,25). The minimum Gasteiger partial charge on any atom is -0.480 e. The summed E-state index contributed by atoms with van der Waals surface area (Å²) >= 11 is 0. The van der Waals surface area contributed by atoms with Crippen molar-refractivity contribution in [3.8, 4) is 0 Å². The number of aliphatic carboxylic acids is 1. The topological polar surface area (TPSA) is 110 Å². The van der Waals surface area contributed by atoms with Gasteiger partial charge in [0.15, 0.2) is 0 Å². The number of benzene rings is 1. The molecule has 1 unspecified atom stereocenters. The van der Waals surface area contributed by atoms with Crippen LogP contribution in [0.5, 0.6) is 0 Å². The van der Waals surface area contributed by atoms with Crippen LogP contribution in [-0.2, 0) is 22.7 Å². The molecular formula is C18H21N3O5. The lowest BCUT2D eigenvalue weighted by Gasteiger charge is -2.14. The summed E-state index contributed by atoms with van der Waals surface area (Å²) in [4.78, 5) is 47.7. The predicted molar refractivity (Wildman–Crippen MR) is 95.0 cm³/mol. The number of carboxylic acid groups (broad SMARTS) is 1. The van der Waals surface area contributed by atoms with Gasteiger partial charge in [-0.25, -0.2) is 9.59 Å². The van der Waals surface area contributed by atoms with E-state index in [4.69, 9.17) is 5.11 Å². The highest BCUT2D eigenvalue weighted by molar-refractivity contribution is 5.83. The van der Waals surface area contributed by atoms with Crippen molar-refractivity contribution in [3.63, 3.8) is 0 Å². The fourth-order valence-electron chi connectivity index (χ4n) is 2.53. The number of rotatable bonds is 8. The SMILES string of the molecule is CCCC(NC(=O)Cn1c(=O)ccn(Cc2ccccc2)c1=O)C(=O)O. The molecule has 8 nitrogen and oxygen atoms in total. The van der Waals surface area contributed by atoms with Gasteiger partial charge in [-0.3, -0.25) is 18.7 Å². The molecule has 2 rings (SSSR count). The lowest BCUT2D eigenvalue weighted by atomic mass is 10.1. The first kappa shape index (κ1) is 19.2. The normalized spacial score (nSPS) is 11.7. The van der Waals surface area contributed by atoms with E-state index < -0.39 is 35.7 Å². The second kappa shape index (κ2) is 8.80. The zero-order valence-corrected chi connectivity index (χ0v) is 14.4. The minimum atomic E-state index is -1.15. The largest absolute Gasteiger partial charge is 0.480 e. The highest BCUT2D eigenvalue weighted by Crippen LogP contribution is 2.00. The Morgan fingerprint density at radius 3 is 2.46 bits per heavy atom. The molecule has 26 heavy (non-hydrogen) atoms. The quantitative estimate of drug-likeness (QED) is 0.710. The number of aromatic nitrogens is 2. The maximum atomic E-state index is 12.5. The van der Waals surface area contributed by atoms with E-state index in [0.29, 0.717) is 6.42 Å². The molecule has 0 radical (unpaired) electrons. The molecule has 0 bridgehead atoms. The zero-order chi connectivity index (χ0) is 19.1. The summed E-state index contributed by atoms with van der Waals surface area (Å²) in [5.41, 5.74) is -0.367. The van der Waals surface area contributed by atoms with Crippen molar-refractivity contribution in [1.29, 1.82) is 0 Å². The third kappa shape index (κ3) is 4.92. The minimum absolute atomic E-state index is 0.259. The summed E-state index contributed by atoms with van der Waals surface area (Å²) in [5, 5.41) is 11.4. The van der Waals surface area contributed by atoms with Gasteiger partial charge in [0, 0.05) is 12.3 Å². The van der Waals surface area contributed by atoms with E-state index in [1.54, 1.807) is 6.92 Å². The van der Waals surface area contributed by atoms with Gasteiger partial charge in [-0.15, -0.1) is 0 Å². The van der Waals surface area contributed by atoms with Crippen LogP contribution in [0, 0.1) is 0 Å². The summed E-state index contributed by atoms with van der Waals surface area (Å²) in [6, 6.07) is 9.38. The highest BCUT2D eigenvalue weighted by atomic mass is 16.4. The lowest BCUT2D eigenvalue weighted by Crippen LogP contribution is -2.47. The summed E-state index contributed by atoms with van der Waals surface area (Å²) in [6.45, 7) is 1.53. The Hall–Kier alpha value is -3.16. The molecule has 1 heterocycles. The van der Waals surface area contributed by atoms with Crippen molar-refractivity contribution < 1.29 is 14.7 Å². The van der Waals surface area contributed by atoms with Crippen molar-refractivity contribution in [2.75, 3.05) is 0 Å². The van der Waals surface area contributed by atoms with Crippen LogP contribution < -0.4 is 16.6 Å². The number of nitrogens with zero attached hydrogens (tertiary/aromatic N) is 2. The van der Waals surface area contributed by atoms with Gasteiger partial charge in [0.1, 0.15) is 12.6 Å². The molecule has 0 aliphatic heterocycles. The first-order chi connectivity index (χ1) is 12.4. The maximum Gasteiger partial charge on any atom is 0.331 e. The van der Waals surface area contributed by atoms with Gasteiger partial charge in [-0.1, -0.05) is 43.7 Å². The summed E-state index contributed by atoms with van der Waals surface area (Å²) in [6.07, 6.45) is 2.22. The Balaban J connectivity index is 2.20. The number of hydrogen-bond donors (Lipinski definition) is 2. The van der Waals surface area contributed by atoms with E-state index in [2.05, 4.69) is 5.32 Å². The second-order valence-corrected chi connectivity index (χ2v) is 5.88. The summed E-state index contributed by atoms with van der Waals surface area (Å²) in [5.74, 6) is -1.84. The van der Waals surface area contributed by atoms with Crippen LogP contribution in [0.4, 0.5) is 0 Å². The van der Waals surface area contributed by atoms with Crippen LogP contribution in [0.3, 0.4) is 0 Å². The van der Waals surface area contributed by atoms with Gasteiger partial charge in [0.05, 0.1) is 6.54 Å². The molecule has 0 aliphatic carbocycles. The third-order valence-corrected chi connectivity index (χ3v) is 3.85. The van der Waals surface area contributed by atoms with E-state index in [1.807, 2.05) is 30.3 Å².